The predicted octanol–water partition coefficient (Wildman–Crippen LogP) is 2.78. The van der Waals surface area contributed by atoms with E-state index in [4.69, 9.17) is 4.74 Å². The molecule has 100 valence electrons. The Bertz CT molecular complexity index is 397. The predicted molar refractivity (Wildman–Crippen MR) is 79.1 cm³/mol. The van der Waals surface area contributed by atoms with Crippen molar-refractivity contribution in [2.24, 2.45) is 0 Å². The number of piperidine rings is 1. The van der Waals surface area contributed by atoms with E-state index in [-0.39, 0.29) is 0 Å². The molecule has 1 aliphatic heterocycles. The third-order valence-corrected chi connectivity index (χ3v) is 3.96. The molecule has 1 unspecified atom stereocenters. The monoisotopic (exact) mass is 312 g/mol. The minimum absolute atomic E-state index is 0.361. The van der Waals surface area contributed by atoms with Crippen LogP contribution in [0.4, 0.5) is 5.69 Å². The van der Waals surface area contributed by atoms with Crippen molar-refractivity contribution in [3.63, 3.8) is 0 Å². The summed E-state index contributed by atoms with van der Waals surface area (Å²) < 4.78 is 6.64. The maximum absolute atomic E-state index is 5.50. The van der Waals surface area contributed by atoms with Gasteiger partial charge in [0.05, 0.1) is 6.10 Å². The average Bonchev–Trinajstić information content (AvgIpc) is 2.41. The highest BCUT2D eigenvalue weighted by atomic mass is 79.9. The maximum Gasteiger partial charge on any atom is 0.0746 e. The van der Waals surface area contributed by atoms with Crippen molar-refractivity contribution in [2.45, 2.75) is 25.5 Å². The second-order valence-corrected chi connectivity index (χ2v) is 5.66. The highest BCUT2D eigenvalue weighted by Crippen LogP contribution is 2.28. The number of benzene rings is 1. The molecule has 0 saturated carbocycles. The Morgan fingerprint density at radius 1 is 1.50 bits per heavy atom. The average molecular weight is 313 g/mol. The van der Waals surface area contributed by atoms with Crippen molar-refractivity contribution in [2.75, 3.05) is 32.1 Å². The van der Waals surface area contributed by atoms with Gasteiger partial charge in [0.1, 0.15) is 0 Å². The molecular formula is C14H21BrN2O. The number of anilines is 1. The third kappa shape index (κ3) is 3.25. The molecule has 1 saturated heterocycles. The van der Waals surface area contributed by atoms with Crippen LogP contribution in [-0.2, 0) is 11.3 Å². The van der Waals surface area contributed by atoms with Gasteiger partial charge in [-0.2, -0.15) is 0 Å². The molecule has 0 aromatic heterocycles. The first kappa shape index (κ1) is 13.8. The second-order valence-electron chi connectivity index (χ2n) is 4.75. The van der Waals surface area contributed by atoms with Crippen LogP contribution in [0.5, 0.6) is 0 Å². The topological polar surface area (TPSA) is 24.5 Å². The van der Waals surface area contributed by atoms with E-state index in [1.54, 1.807) is 0 Å². The molecular weight excluding hydrogens is 292 g/mol. The van der Waals surface area contributed by atoms with Gasteiger partial charge in [0.2, 0.25) is 0 Å². The number of halogens is 1. The van der Waals surface area contributed by atoms with Crippen LogP contribution in [0, 0.1) is 0 Å². The van der Waals surface area contributed by atoms with Crippen LogP contribution in [0.1, 0.15) is 18.4 Å². The van der Waals surface area contributed by atoms with Crippen LogP contribution < -0.4 is 10.2 Å². The van der Waals surface area contributed by atoms with Gasteiger partial charge in [0.25, 0.3) is 0 Å². The fourth-order valence-electron chi connectivity index (χ4n) is 2.52. The first-order valence-electron chi connectivity index (χ1n) is 6.45. The summed E-state index contributed by atoms with van der Waals surface area (Å²) in [6, 6.07) is 6.50. The van der Waals surface area contributed by atoms with E-state index in [9.17, 15) is 0 Å². The van der Waals surface area contributed by atoms with Crippen LogP contribution in [0.2, 0.25) is 0 Å². The summed E-state index contributed by atoms with van der Waals surface area (Å²) in [6.45, 7) is 3.01. The Kier molecular flexibility index (Phi) is 5.03. The van der Waals surface area contributed by atoms with E-state index in [0.29, 0.717) is 6.10 Å². The maximum atomic E-state index is 5.50. The number of hydrogen-bond acceptors (Lipinski definition) is 3. The van der Waals surface area contributed by atoms with Gasteiger partial charge in [0, 0.05) is 36.9 Å². The Balaban J connectivity index is 2.22. The van der Waals surface area contributed by atoms with Gasteiger partial charge >= 0.3 is 0 Å². The molecule has 1 heterocycles. The molecule has 1 aromatic rings. The Morgan fingerprint density at radius 2 is 2.33 bits per heavy atom. The molecule has 18 heavy (non-hydrogen) atoms. The quantitative estimate of drug-likeness (QED) is 0.925. The minimum Gasteiger partial charge on any atom is -0.380 e. The van der Waals surface area contributed by atoms with E-state index < -0.39 is 0 Å². The first-order valence-corrected chi connectivity index (χ1v) is 7.24. The molecule has 0 radical (unpaired) electrons. The molecule has 0 aliphatic carbocycles. The molecule has 0 bridgehead atoms. The van der Waals surface area contributed by atoms with Crippen molar-refractivity contribution < 1.29 is 4.74 Å². The van der Waals surface area contributed by atoms with E-state index in [1.165, 1.54) is 24.1 Å². The second kappa shape index (κ2) is 6.55. The Hall–Kier alpha value is -0.580. The first-order chi connectivity index (χ1) is 8.74. The van der Waals surface area contributed by atoms with E-state index in [1.807, 2.05) is 14.2 Å². The molecule has 0 spiro atoms. The molecule has 3 nitrogen and oxygen atoms in total. The smallest absolute Gasteiger partial charge is 0.0746 e. The largest absolute Gasteiger partial charge is 0.380 e. The molecule has 4 heteroatoms. The molecule has 1 aliphatic rings. The molecule has 1 aromatic carbocycles. The Morgan fingerprint density at radius 3 is 3.06 bits per heavy atom. The number of nitrogens with one attached hydrogen (secondary N) is 1. The fourth-order valence-corrected chi connectivity index (χ4v) is 2.87. The fraction of sp³-hybridized carbons (Fsp3) is 0.571. The molecule has 2 rings (SSSR count). The van der Waals surface area contributed by atoms with Crippen molar-refractivity contribution in [1.29, 1.82) is 0 Å². The number of ether oxygens (including phenoxy) is 1. The van der Waals surface area contributed by atoms with Gasteiger partial charge in [-0.1, -0.05) is 22.0 Å². The van der Waals surface area contributed by atoms with Gasteiger partial charge in [0.15, 0.2) is 0 Å². The zero-order chi connectivity index (χ0) is 13.0. The van der Waals surface area contributed by atoms with Crippen LogP contribution in [0.15, 0.2) is 22.7 Å². The van der Waals surface area contributed by atoms with Crippen molar-refractivity contribution in [3.8, 4) is 0 Å². The Labute approximate surface area is 118 Å². The van der Waals surface area contributed by atoms with Gasteiger partial charge < -0.3 is 15.0 Å². The highest BCUT2D eigenvalue weighted by Gasteiger charge is 2.21. The molecule has 1 fully saturated rings. The normalized spacial score (nSPS) is 20.2. The van der Waals surface area contributed by atoms with Crippen molar-refractivity contribution in [3.05, 3.63) is 28.2 Å². The van der Waals surface area contributed by atoms with Crippen molar-refractivity contribution >= 4 is 21.6 Å². The summed E-state index contributed by atoms with van der Waals surface area (Å²) in [4.78, 5) is 2.44. The van der Waals surface area contributed by atoms with Gasteiger partial charge in [-0.15, -0.1) is 0 Å². The van der Waals surface area contributed by atoms with Gasteiger partial charge in [-0.3, -0.25) is 0 Å². The van der Waals surface area contributed by atoms with Crippen LogP contribution in [0.25, 0.3) is 0 Å². The summed E-state index contributed by atoms with van der Waals surface area (Å²) in [5.41, 5.74) is 2.66. The zero-order valence-corrected chi connectivity index (χ0v) is 12.7. The lowest BCUT2D eigenvalue weighted by Gasteiger charge is -2.35. The summed E-state index contributed by atoms with van der Waals surface area (Å²) in [7, 11) is 3.80. The van der Waals surface area contributed by atoms with Crippen LogP contribution in [0.3, 0.4) is 0 Å². The van der Waals surface area contributed by atoms with E-state index in [2.05, 4.69) is 44.3 Å². The SMILES string of the molecule is CNCc1ccc(Br)cc1N1CCCC(OC)C1. The zero-order valence-electron chi connectivity index (χ0n) is 11.1. The summed E-state index contributed by atoms with van der Waals surface area (Å²) >= 11 is 3.57. The van der Waals surface area contributed by atoms with Crippen LogP contribution in [-0.4, -0.2) is 33.4 Å². The van der Waals surface area contributed by atoms with Crippen molar-refractivity contribution in [1.82, 2.24) is 5.32 Å². The lowest BCUT2D eigenvalue weighted by Crippen LogP contribution is -2.39. The number of rotatable bonds is 4. The number of methoxy groups -OCH3 is 1. The summed E-state index contributed by atoms with van der Waals surface area (Å²) in [6.07, 6.45) is 2.73. The van der Waals surface area contributed by atoms with Gasteiger partial charge in [-0.05, 0) is 37.6 Å². The highest BCUT2D eigenvalue weighted by molar-refractivity contribution is 9.10. The third-order valence-electron chi connectivity index (χ3n) is 3.47. The lowest BCUT2D eigenvalue weighted by molar-refractivity contribution is 0.0893. The lowest BCUT2D eigenvalue weighted by atomic mass is 10.1. The van der Waals surface area contributed by atoms with Gasteiger partial charge in [-0.25, -0.2) is 0 Å². The summed E-state index contributed by atoms with van der Waals surface area (Å²) in [5.74, 6) is 0. The molecule has 0 amide bonds. The van der Waals surface area contributed by atoms with E-state index in [0.717, 1.165) is 24.1 Å². The summed E-state index contributed by atoms with van der Waals surface area (Å²) in [5, 5.41) is 3.23. The van der Waals surface area contributed by atoms with Crippen LogP contribution >= 0.6 is 15.9 Å². The number of hydrogen-bond donors (Lipinski definition) is 1. The van der Waals surface area contributed by atoms with E-state index >= 15 is 0 Å². The molecule has 1 atom stereocenters. The minimum atomic E-state index is 0.361. The number of nitrogens with zero attached hydrogens (tertiary/aromatic N) is 1. The standard InChI is InChI=1S/C14H21BrN2O/c1-16-9-11-5-6-12(15)8-14(11)17-7-3-4-13(10-17)18-2/h5-6,8,13,16H,3-4,7,9-10H2,1-2H3. The molecule has 1 N–H and O–H groups in total.